The van der Waals surface area contributed by atoms with Crippen LogP contribution in [0.3, 0.4) is 0 Å². The van der Waals surface area contributed by atoms with Crippen LogP contribution in [0.2, 0.25) is 0 Å². The summed E-state index contributed by atoms with van der Waals surface area (Å²) in [5, 5.41) is 19.7. The summed E-state index contributed by atoms with van der Waals surface area (Å²) in [4.78, 5) is 11.0. The van der Waals surface area contributed by atoms with Gasteiger partial charge < -0.3 is 5.11 Å². The van der Waals surface area contributed by atoms with Gasteiger partial charge in [-0.1, -0.05) is 24.3 Å². The zero-order valence-corrected chi connectivity index (χ0v) is 8.69. The molecular formula is C13H9NO2. The molecule has 0 radical (unpaired) electrons. The topological polar surface area (TPSA) is 61.1 Å². The third-order valence-corrected chi connectivity index (χ3v) is 2.60. The van der Waals surface area contributed by atoms with Gasteiger partial charge in [0.05, 0.1) is 11.1 Å². The normalized spacial score (nSPS) is 10.0. The molecule has 0 aliphatic heterocycles. The van der Waals surface area contributed by atoms with Crippen LogP contribution in [-0.2, 0) is 0 Å². The number of hydrogen-bond donors (Lipinski definition) is 1. The largest absolute Gasteiger partial charge is 0.478 e. The summed E-state index contributed by atoms with van der Waals surface area (Å²) in [5.41, 5.74) is 1.21. The second-order valence-electron chi connectivity index (χ2n) is 3.58. The SMILES string of the molecule is Cc1cccc2ccc(C(=O)O)c(C#N)c12. The number of nitrogens with zero attached hydrogens (tertiary/aromatic N) is 1. The molecule has 2 rings (SSSR count). The first-order valence-corrected chi connectivity index (χ1v) is 4.81. The van der Waals surface area contributed by atoms with Crippen molar-refractivity contribution in [1.82, 2.24) is 0 Å². The lowest BCUT2D eigenvalue weighted by Crippen LogP contribution is -2.01. The van der Waals surface area contributed by atoms with E-state index in [-0.39, 0.29) is 11.1 Å². The fraction of sp³-hybridized carbons (Fsp3) is 0.0769. The first-order chi connectivity index (χ1) is 7.65. The van der Waals surface area contributed by atoms with Gasteiger partial charge in [-0.2, -0.15) is 5.26 Å². The Kier molecular flexibility index (Phi) is 2.34. The average Bonchev–Trinajstić information content (AvgIpc) is 2.27. The van der Waals surface area contributed by atoms with E-state index in [1.165, 1.54) is 6.07 Å². The Bertz CT molecular complexity index is 624. The number of carboxylic acids is 1. The van der Waals surface area contributed by atoms with Crippen molar-refractivity contribution in [2.75, 3.05) is 0 Å². The zero-order chi connectivity index (χ0) is 11.7. The van der Waals surface area contributed by atoms with Crippen LogP contribution in [0, 0.1) is 18.3 Å². The molecule has 0 saturated carbocycles. The van der Waals surface area contributed by atoms with E-state index in [0.29, 0.717) is 0 Å². The van der Waals surface area contributed by atoms with E-state index in [0.717, 1.165) is 16.3 Å². The van der Waals surface area contributed by atoms with E-state index in [9.17, 15) is 4.79 Å². The highest BCUT2D eigenvalue weighted by atomic mass is 16.4. The van der Waals surface area contributed by atoms with Crippen molar-refractivity contribution in [3.05, 3.63) is 47.0 Å². The van der Waals surface area contributed by atoms with Crippen molar-refractivity contribution in [2.24, 2.45) is 0 Å². The highest BCUT2D eigenvalue weighted by Gasteiger charge is 2.13. The second kappa shape index (κ2) is 3.67. The van der Waals surface area contributed by atoms with Crippen molar-refractivity contribution >= 4 is 16.7 Å². The van der Waals surface area contributed by atoms with Gasteiger partial charge in [-0.25, -0.2) is 4.79 Å². The number of carbonyl (C=O) groups is 1. The first kappa shape index (κ1) is 10.2. The Labute approximate surface area is 92.6 Å². The number of nitriles is 1. The lowest BCUT2D eigenvalue weighted by molar-refractivity contribution is 0.0697. The van der Waals surface area contributed by atoms with Crippen LogP contribution in [-0.4, -0.2) is 11.1 Å². The minimum absolute atomic E-state index is 0.0595. The van der Waals surface area contributed by atoms with Crippen molar-refractivity contribution in [1.29, 1.82) is 5.26 Å². The standard InChI is InChI=1S/C13H9NO2/c1-8-3-2-4-9-5-6-10(13(15)16)11(7-14)12(8)9/h2-6H,1H3,(H,15,16). The summed E-state index contributed by atoms with van der Waals surface area (Å²) in [6.45, 7) is 1.87. The maximum atomic E-state index is 11.0. The van der Waals surface area contributed by atoms with Gasteiger partial charge in [-0.3, -0.25) is 0 Å². The van der Waals surface area contributed by atoms with Gasteiger partial charge >= 0.3 is 5.97 Å². The van der Waals surface area contributed by atoms with Crippen molar-refractivity contribution < 1.29 is 9.90 Å². The predicted octanol–water partition coefficient (Wildman–Crippen LogP) is 2.72. The van der Waals surface area contributed by atoms with Crippen molar-refractivity contribution in [2.45, 2.75) is 6.92 Å². The second-order valence-corrected chi connectivity index (χ2v) is 3.58. The molecule has 0 spiro atoms. The number of hydrogen-bond acceptors (Lipinski definition) is 2. The highest BCUT2D eigenvalue weighted by molar-refractivity contribution is 6.01. The minimum atomic E-state index is -1.07. The van der Waals surface area contributed by atoms with Crippen LogP contribution in [0.4, 0.5) is 0 Å². The van der Waals surface area contributed by atoms with Gasteiger partial charge in [-0.05, 0) is 23.9 Å². The molecule has 0 heterocycles. The molecule has 78 valence electrons. The summed E-state index contributed by atoms with van der Waals surface area (Å²) in [7, 11) is 0. The molecule has 3 nitrogen and oxygen atoms in total. The Morgan fingerprint density at radius 3 is 2.69 bits per heavy atom. The lowest BCUT2D eigenvalue weighted by Gasteiger charge is -2.06. The van der Waals surface area contributed by atoms with Crippen LogP contribution in [0.15, 0.2) is 30.3 Å². The van der Waals surface area contributed by atoms with E-state index in [2.05, 4.69) is 0 Å². The van der Waals surface area contributed by atoms with Gasteiger partial charge in [0.25, 0.3) is 0 Å². The number of rotatable bonds is 1. The fourth-order valence-corrected chi connectivity index (χ4v) is 1.86. The maximum absolute atomic E-state index is 11.0. The smallest absolute Gasteiger partial charge is 0.337 e. The summed E-state index contributed by atoms with van der Waals surface area (Å²) in [6, 6.07) is 10.8. The van der Waals surface area contributed by atoms with E-state index in [1.807, 2.05) is 31.2 Å². The molecule has 2 aromatic carbocycles. The van der Waals surface area contributed by atoms with Gasteiger partial charge in [0, 0.05) is 5.39 Å². The summed E-state index contributed by atoms with van der Waals surface area (Å²) in [5.74, 6) is -1.07. The molecule has 1 N–H and O–H groups in total. The number of aryl methyl sites for hydroxylation is 1. The molecule has 0 fully saturated rings. The molecule has 0 amide bonds. The van der Waals surface area contributed by atoms with Crippen LogP contribution in [0.5, 0.6) is 0 Å². The number of carboxylic acid groups (broad SMARTS) is 1. The van der Waals surface area contributed by atoms with Crippen molar-refractivity contribution in [3.8, 4) is 6.07 Å². The lowest BCUT2D eigenvalue weighted by atomic mass is 9.96. The van der Waals surface area contributed by atoms with Crippen molar-refractivity contribution in [3.63, 3.8) is 0 Å². The van der Waals surface area contributed by atoms with E-state index in [4.69, 9.17) is 10.4 Å². The number of fused-ring (bicyclic) bond motifs is 1. The summed E-state index contributed by atoms with van der Waals surface area (Å²) < 4.78 is 0. The Balaban J connectivity index is 2.97. The molecule has 0 aromatic heterocycles. The molecule has 0 aliphatic carbocycles. The minimum Gasteiger partial charge on any atom is -0.478 e. The quantitative estimate of drug-likeness (QED) is 0.788. The van der Waals surface area contributed by atoms with Crippen LogP contribution < -0.4 is 0 Å². The Morgan fingerprint density at radius 2 is 2.06 bits per heavy atom. The third-order valence-electron chi connectivity index (χ3n) is 2.60. The maximum Gasteiger partial charge on any atom is 0.337 e. The first-order valence-electron chi connectivity index (χ1n) is 4.81. The molecule has 2 aromatic rings. The van der Waals surface area contributed by atoms with Gasteiger partial charge in [0.2, 0.25) is 0 Å². The molecule has 16 heavy (non-hydrogen) atoms. The Morgan fingerprint density at radius 1 is 1.31 bits per heavy atom. The molecule has 0 saturated heterocycles. The van der Waals surface area contributed by atoms with Gasteiger partial charge in [0.1, 0.15) is 6.07 Å². The highest BCUT2D eigenvalue weighted by Crippen LogP contribution is 2.25. The third kappa shape index (κ3) is 1.41. The predicted molar refractivity (Wildman–Crippen MR) is 60.4 cm³/mol. The van der Waals surface area contributed by atoms with E-state index >= 15 is 0 Å². The molecule has 0 aliphatic rings. The average molecular weight is 211 g/mol. The van der Waals surface area contributed by atoms with Crippen LogP contribution >= 0.6 is 0 Å². The molecule has 0 unspecified atom stereocenters. The van der Waals surface area contributed by atoms with Crippen LogP contribution in [0.1, 0.15) is 21.5 Å². The Hall–Kier alpha value is -2.34. The number of aromatic carboxylic acids is 1. The monoisotopic (exact) mass is 211 g/mol. The zero-order valence-electron chi connectivity index (χ0n) is 8.69. The van der Waals surface area contributed by atoms with E-state index < -0.39 is 5.97 Å². The fourth-order valence-electron chi connectivity index (χ4n) is 1.86. The van der Waals surface area contributed by atoms with Gasteiger partial charge in [0.15, 0.2) is 0 Å². The summed E-state index contributed by atoms with van der Waals surface area (Å²) in [6.07, 6.45) is 0. The summed E-state index contributed by atoms with van der Waals surface area (Å²) >= 11 is 0. The molecule has 0 bridgehead atoms. The number of benzene rings is 2. The van der Waals surface area contributed by atoms with Gasteiger partial charge in [-0.15, -0.1) is 0 Å². The van der Waals surface area contributed by atoms with Crippen LogP contribution in [0.25, 0.3) is 10.8 Å². The molecule has 0 atom stereocenters. The molecule has 3 heteroatoms. The molecular weight excluding hydrogens is 202 g/mol. The van der Waals surface area contributed by atoms with E-state index in [1.54, 1.807) is 6.07 Å².